The number of aromatic nitrogens is 5. The fraction of sp³-hybridized carbons (Fsp3) is 0.143. The van der Waals surface area contributed by atoms with Crippen molar-refractivity contribution in [2.75, 3.05) is 0 Å². The second-order valence-electron chi connectivity index (χ2n) is 6.53. The number of rotatable bonds is 5. The molecular weight excluding hydrogens is 373 g/mol. The summed E-state index contributed by atoms with van der Waals surface area (Å²) >= 11 is 0. The smallest absolute Gasteiger partial charge is 0.368 e. The van der Waals surface area contributed by atoms with E-state index in [1.807, 2.05) is 31.2 Å². The Morgan fingerprint density at radius 1 is 1.00 bits per heavy atom. The number of ether oxygens (including phenoxy) is 1. The summed E-state index contributed by atoms with van der Waals surface area (Å²) in [5.41, 5.74) is 3.50. The van der Waals surface area contributed by atoms with E-state index in [2.05, 4.69) is 15.4 Å². The largest absolute Gasteiger partial charge is 0.473 e. The summed E-state index contributed by atoms with van der Waals surface area (Å²) < 4.78 is 21.5. The van der Waals surface area contributed by atoms with Crippen LogP contribution in [-0.2, 0) is 13.7 Å². The summed E-state index contributed by atoms with van der Waals surface area (Å²) in [4.78, 5) is 16.7. The summed E-state index contributed by atoms with van der Waals surface area (Å²) in [5.74, 6) is 0.125. The van der Waals surface area contributed by atoms with Gasteiger partial charge in [-0.05, 0) is 59.3 Å². The third-order valence-electron chi connectivity index (χ3n) is 4.56. The van der Waals surface area contributed by atoms with E-state index in [0.717, 1.165) is 16.7 Å². The van der Waals surface area contributed by atoms with Crippen molar-refractivity contribution in [1.29, 1.82) is 0 Å². The summed E-state index contributed by atoms with van der Waals surface area (Å²) in [7, 11) is 1.54. The number of tetrazole rings is 1. The zero-order valence-electron chi connectivity index (χ0n) is 15.9. The Balaban J connectivity index is 1.62. The van der Waals surface area contributed by atoms with Crippen molar-refractivity contribution in [2.24, 2.45) is 7.05 Å². The summed E-state index contributed by atoms with van der Waals surface area (Å²) in [6.45, 7) is 2.14. The van der Waals surface area contributed by atoms with Crippen LogP contribution in [0, 0.1) is 12.7 Å². The molecule has 0 aliphatic rings. The second kappa shape index (κ2) is 7.67. The zero-order chi connectivity index (χ0) is 20.4. The van der Waals surface area contributed by atoms with Crippen LogP contribution in [0.15, 0.2) is 65.5 Å². The second-order valence-corrected chi connectivity index (χ2v) is 6.53. The Bertz CT molecular complexity index is 1210. The number of hydrogen-bond donors (Lipinski definition) is 0. The molecule has 4 aromatic rings. The Kier molecular flexibility index (Phi) is 4.90. The maximum atomic E-state index is 13.2. The van der Waals surface area contributed by atoms with Gasteiger partial charge in [0.15, 0.2) is 0 Å². The van der Waals surface area contributed by atoms with Crippen molar-refractivity contribution in [1.82, 2.24) is 24.8 Å². The molecule has 0 spiro atoms. The predicted molar refractivity (Wildman–Crippen MR) is 105 cm³/mol. The highest BCUT2D eigenvalue weighted by Gasteiger charge is 2.14. The van der Waals surface area contributed by atoms with Crippen LogP contribution in [0.2, 0.25) is 0 Å². The normalized spacial score (nSPS) is 10.9. The molecule has 0 saturated heterocycles. The van der Waals surface area contributed by atoms with Gasteiger partial charge in [-0.15, -0.1) is 0 Å². The van der Waals surface area contributed by atoms with Gasteiger partial charge in [-0.25, -0.2) is 14.2 Å². The SMILES string of the molecule is Cc1cccc(-n2nnn(C)c2=O)c1COc1cccc(-c2ccc(F)cc2)n1. The molecule has 0 bridgehead atoms. The molecule has 8 heteroatoms. The van der Waals surface area contributed by atoms with Crippen LogP contribution in [0.25, 0.3) is 16.9 Å². The van der Waals surface area contributed by atoms with E-state index in [1.165, 1.54) is 21.5 Å². The number of benzene rings is 2. The van der Waals surface area contributed by atoms with Crippen LogP contribution >= 0.6 is 0 Å². The fourth-order valence-electron chi connectivity index (χ4n) is 2.96. The number of nitrogens with zero attached hydrogens (tertiary/aromatic N) is 5. The average molecular weight is 391 g/mol. The van der Waals surface area contributed by atoms with E-state index in [1.54, 1.807) is 31.3 Å². The first-order valence-electron chi connectivity index (χ1n) is 8.96. The van der Waals surface area contributed by atoms with Gasteiger partial charge in [0, 0.05) is 24.2 Å². The third-order valence-corrected chi connectivity index (χ3v) is 4.56. The summed E-state index contributed by atoms with van der Waals surface area (Å²) in [5, 5.41) is 7.69. The standard InChI is InChI=1S/C21H18FN5O2/c1-14-5-3-7-19(27-21(28)26(2)24-25-27)17(14)13-29-20-8-4-6-18(23-20)15-9-11-16(22)12-10-15/h3-12H,13H2,1-2H3. The minimum atomic E-state index is -0.340. The van der Waals surface area contributed by atoms with E-state index >= 15 is 0 Å². The molecule has 0 fully saturated rings. The minimum Gasteiger partial charge on any atom is -0.473 e. The summed E-state index contributed by atoms with van der Waals surface area (Å²) in [6.07, 6.45) is 0. The van der Waals surface area contributed by atoms with E-state index in [4.69, 9.17) is 4.74 Å². The van der Waals surface area contributed by atoms with Crippen molar-refractivity contribution in [3.8, 4) is 22.8 Å². The van der Waals surface area contributed by atoms with Crippen LogP contribution in [0.4, 0.5) is 4.39 Å². The van der Waals surface area contributed by atoms with Crippen LogP contribution in [0.1, 0.15) is 11.1 Å². The Labute approximate surface area is 166 Å². The lowest BCUT2D eigenvalue weighted by atomic mass is 10.1. The van der Waals surface area contributed by atoms with Gasteiger partial charge in [-0.2, -0.15) is 9.36 Å². The molecule has 0 amide bonds. The van der Waals surface area contributed by atoms with E-state index in [9.17, 15) is 9.18 Å². The van der Waals surface area contributed by atoms with E-state index < -0.39 is 0 Å². The first kappa shape index (κ1) is 18.5. The highest BCUT2D eigenvalue weighted by molar-refractivity contribution is 5.59. The van der Waals surface area contributed by atoms with Crippen molar-refractivity contribution < 1.29 is 9.13 Å². The molecule has 0 aliphatic carbocycles. The minimum absolute atomic E-state index is 0.199. The van der Waals surface area contributed by atoms with Gasteiger partial charge in [0.25, 0.3) is 0 Å². The number of aryl methyl sites for hydroxylation is 2. The van der Waals surface area contributed by atoms with Gasteiger partial charge in [-0.1, -0.05) is 18.2 Å². The number of hydrogen-bond acceptors (Lipinski definition) is 5. The van der Waals surface area contributed by atoms with Crippen LogP contribution in [-0.4, -0.2) is 24.8 Å². The fourth-order valence-corrected chi connectivity index (χ4v) is 2.96. The predicted octanol–water partition coefficient (Wildman–Crippen LogP) is 3.05. The maximum absolute atomic E-state index is 13.2. The van der Waals surface area contributed by atoms with Crippen molar-refractivity contribution >= 4 is 0 Å². The number of halogens is 1. The molecule has 7 nitrogen and oxygen atoms in total. The third kappa shape index (κ3) is 3.77. The van der Waals surface area contributed by atoms with Gasteiger partial charge < -0.3 is 4.74 Å². The average Bonchev–Trinajstić information content (AvgIpc) is 3.06. The van der Waals surface area contributed by atoms with E-state index in [0.29, 0.717) is 17.3 Å². The van der Waals surface area contributed by atoms with Crippen molar-refractivity contribution in [2.45, 2.75) is 13.5 Å². The quantitative estimate of drug-likeness (QED) is 0.523. The molecule has 146 valence electrons. The number of pyridine rings is 1. The molecule has 4 rings (SSSR count). The first-order chi connectivity index (χ1) is 14.0. The Hall–Kier alpha value is -3.81. The van der Waals surface area contributed by atoms with Gasteiger partial charge in [0.1, 0.15) is 12.4 Å². The van der Waals surface area contributed by atoms with Gasteiger partial charge >= 0.3 is 5.69 Å². The van der Waals surface area contributed by atoms with E-state index in [-0.39, 0.29) is 18.1 Å². The molecular formula is C21H18FN5O2. The first-order valence-corrected chi connectivity index (χ1v) is 8.96. The lowest BCUT2D eigenvalue weighted by Crippen LogP contribution is -2.23. The molecule has 2 heterocycles. The van der Waals surface area contributed by atoms with Gasteiger partial charge in [0.2, 0.25) is 5.88 Å². The van der Waals surface area contributed by atoms with Gasteiger partial charge in [0.05, 0.1) is 11.4 Å². The highest BCUT2D eigenvalue weighted by Crippen LogP contribution is 2.22. The highest BCUT2D eigenvalue weighted by atomic mass is 19.1. The van der Waals surface area contributed by atoms with Crippen LogP contribution < -0.4 is 10.4 Å². The summed E-state index contributed by atoms with van der Waals surface area (Å²) in [6, 6.07) is 17.1. The van der Waals surface area contributed by atoms with Crippen LogP contribution in [0.5, 0.6) is 5.88 Å². The monoisotopic (exact) mass is 391 g/mol. The maximum Gasteiger partial charge on any atom is 0.368 e. The molecule has 2 aromatic heterocycles. The zero-order valence-corrected chi connectivity index (χ0v) is 15.9. The molecule has 0 N–H and O–H groups in total. The molecule has 0 unspecified atom stereocenters. The molecule has 0 aliphatic heterocycles. The molecule has 0 radical (unpaired) electrons. The topological polar surface area (TPSA) is 74.8 Å². The van der Waals surface area contributed by atoms with Crippen LogP contribution in [0.3, 0.4) is 0 Å². The lowest BCUT2D eigenvalue weighted by Gasteiger charge is -2.13. The molecule has 0 saturated carbocycles. The van der Waals surface area contributed by atoms with Crippen molar-refractivity contribution in [3.63, 3.8) is 0 Å². The molecule has 2 aromatic carbocycles. The Morgan fingerprint density at radius 3 is 2.48 bits per heavy atom. The lowest BCUT2D eigenvalue weighted by molar-refractivity contribution is 0.293. The van der Waals surface area contributed by atoms with Gasteiger partial charge in [-0.3, -0.25) is 0 Å². The Morgan fingerprint density at radius 2 is 1.76 bits per heavy atom. The molecule has 0 atom stereocenters. The van der Waals surface area contributed by atoms with Crippen molar-refractivity contribution in [3.05, 3.63) is 88.1 Å². The molecule has 29 heavy (non-hydrogen) atoms.